The summed E-state index contributed by atoms with van der Waals surface area (Å²) in [6.45, 7) is 0. The zero-order valence-electron chi connectivity index (χ0n) is 15.8. The van der Waals surface area contributed by atoms with Crippen LogP contribution in [0.4, 0.5) is 5.82 Å². The quantitative estimate of drug-likeness (QED) is 0.477. The van der Waals surface area contributed by atoms with Crippen molar-refractivity contribution in [3.8, 4) is 5.75 Å². The van der Waals surface area contributed by atoms with Gasteiger partial charge in [-0.3, -0.25) is 0 Å². The van der Waals surface area contributed by atoms with E-state index in [1.54, 1.807) is 35.0 Å². The standard InChI is InChI=1S/C20H21ClN4O5/c21-12-4-1-9(7-13(12)29-10-2-3-10)14(26)17-15(27)16(28)20(30-17)25-6-5-11-18(22)23-8-24-19(11)25/h1,4-8,10,14-17,20,26-28H,2-3H2,(H2,22,23,24)/t14?,15-,16+,17?,20+/m0/s1. The van der Waals surface area contributed by atoms with Gasteiger partial charge < -0.3 is 35.1 Å². The van der Waals surface area contributed by atoms with Gasteiger partial charge in [0.15, 0.2) is 6.23 Å². The number of aliphatic hydroxyl groups excluding tert-OH is 3. The molecule has 5 rings (SSSR count). The summed E-state index contributed by atoms with van der Waals surface area (Å²) in [6.07, 6.45) is -0.803. The van der Waals surface area contributed by atoms with E-state index in [-0.39, 0.29) is 6.10 Å². The van der Waals surface area contributed by atoms with E-state index in [1.807, 2.05) is 0 Å². The van der Waals surface area contributed by atoms with Crippen LogP contribution in [0.1, 0.15) is 30.7 Å². The molecule has 2 aromatic heterocycles. The first-order valence-electron chi connectivity index (χ1n) is 9.67. The van der Waals surface area contributed by atoms with E-state index in [0.29, 0.717) is 33.2 Å². The number of nitrogens with zero attached hydrogens (tertiary/aromatic N) is 3. The lowest BCUT2D eigenvalue weighted by molar-refractivity contribution is -0.0848. The van der Waals surface area contributed by atoms with Gasteiger partial charge in [-0.15, -0.1) is 0 Å². The minimum absolute atomic E-state index is 0.144. The van der Waals surface area contributed by atoms with Crippen LogP contribution < -0.4 is 10.5 Å². The van der Waals surface area contributed by atoms with Crippen molar-refractivity contribution in [1.82, 2.24) is 14.5 Å². The fourth-order valence-corrected chi connectivity index (χ4v) is 3.88. The lowest BCUT2D eigenvalue weighted by Gasteiger charge is -2.22. The molecule has 1 aliphatic carbocycles. The van der Waals surface area contributed by atoms with Crippen LogP contribution in [0.15, 0.2) is 36.8 Å². The molecule has 1 saturated carbocycles. The monoisotopic (exact) mass is 432 g/mol. The first-order chi connectivity index (χ1) is 14.4. The second-order valence-corrected chi connectivity index (χ2v) is 8.05. The summed E-state index contributed by atoms with van der Waals surface area (Å²) >= 11 is 6.19. The number of benzene rings is 1. The van der Waals surface area contributed by atoms with Crippen LogP contribution in [0.3, 0.4) is 0 Å². The predicted molar refractivity (Wildman–Crippen MR) is 108 cm³/mol. The van der Waals surface area contributed by atoms with Crippen LogP contribution in [0.2, 0.25) is 5.02 Å². The van der Waals surface area contributed by atoms with Crippen LogP contribution in [0.5, 0.6) is 5.75 Å². The largest absolute Gasteiger partial charge is 0.489 e. The van der Waals surface area contributed by atoms with Gasteiger partial charge in [0.2, 0.25) is 0 Å². The molecule has 1 saturated heterocycles. The third-order valence-corrected chi connectivity index (χ3v) is 5.83. The van der Waals surface area contributed by atoms with E-state index >= 15 is 0 Å². The van der Waals surface area contributed by atoms with E-state index in [9.17, 15) is 15.3 Å². The van der Waals surface area contributed by atoms with Gasteiger partial charge in [0, 0.05) is 6.20 Å². The van der Waals surface area contributed by atoms with E-state index in [4.69, 9.17) is 26.8 Å². The minimum atomic E-state index is -1.33. The minimum Gasteiger partial charge on any atom is -0.489 e. The summed E-state index contributed by atoms with van der Waals surface area (Å²) in [5.41, 5.74) is 6.79. The van der Waals surface area contributed by atoms with Gasteiger partial charge in [-0.2, -0.15) is 0 Å². The maximum absolute atomic E-state index is 10.9. The van der Waals surface area contributed by atoms with Crippen LogP contribution in [-0.4, -0.2) is 54.3 Å². The number of nitrogens with two attached hydrogens (primary N) is 1. The van der Waals surface area contributed by atoms with E-state index in [0.717, 1.165) is 12.8 Å². The Hall–Kier alpha value is -2.43. The SMILES string of the molecule is Nc1ncnc2c1ccn2[C@@H]1OC(C(O)c2ccc(Cl)c(OC3CC3)c2)[C@@H](O)[C@H]1O. The molecule has 30 heavy (non-hydrogen) atoms. The number of ether oxygens (including phenoxy) is 2. The first kappa shape index (κ1) is 19.5. The molecular formula is C20H21ClN4O5. The summed E-state index contributed by atoms with van der Waals surface area (Å²) in [4.78, 5) is 8.14. The smallest absolute Gasteiger partial charge is 0.164 e. The summed E-state index contributed by atoms with van der Waals surface area (Å²) < 4.78 is 13.2. The third-order valence-electron chi connectivity index (χ3n) is 5.52. The highest BCUT2D eigenvalue weighted by molar-refractivity contribution is 6.32. The van der Waals surface area contributed by atoms with Gasteiger partial charge in [-0.25, -0.2) is 9.97 Å². The molecule has 0 amide bonds. The normalized spacial score (nSPS) is 27.5. The Labute approximate surface area is 176 Å². The number of anilines is 1. The highest BCUT2D eigenvalue weighted by Crippen LogP contribution is 2.40. The van der Waals surface area contributed by atoms with Gasteiger partial charge in [-0.1, -0.05) is 17.7 Å². The van der Waals surface area contributed by atoms with E-state index in [1.165, 1.54) is 6.33 Å². The molecule has 3 aromatic rings. The van der Waals surface area contributed by atoms with Crippen molar-refractivity contribution in [2.45, 2.75) is 49.6 Å². The molecule has 1 aromatic carbocycles. The number of hydrogen-bond donors (Lipinski definition) is 4. The maximum Gasteiger partial charge on any atom is 0.164 e. The zero-order chi connectivity index (χ0) is 21.0. The number of rotatable bonds is 5. The Morgan fingerprint density at radius 2 is 2.00 bits per heavy atom. The average molecular weight is 433 g/mol. The van der Waals surface area contributed by atoms with Gasteiger partial charge in [0.05, 0.1) is 16.5 Å². The molecule has 158 valence electrons. The third kappa shape index (κ3) is 3.28. The van der Waals surface area contributed by atoms with Crippen molar-refractivity contribution in [1.29, 1.82) is 0 Å². The van der Waals surface area contributed by atoms with Gasteiger partial charge in [-0.05, 0) is 36.6 Å². The Bertz CT molecular complexity index is 1090. The molecular weight excluding hydrogens is 412 g/mol. The highest BCUT2D eigenvalue weighted by Gasteiger charge is 2.47. The number of aromatic nitrogens is 3. The van der Waals surface area contributed by atoms with Crippen molar-refractivity contribution in [2.75, 3.05) is 5.73 Å². The molecule has 10 heteroatoms. The van der Waals surface area contributed by atoms with Crippen molar-refractivity contribution in [3.63, 3.8) is 0 Å². The molecule has 2 fully saturated rings. The summed E-state index contributed by atoms with van der Waals surface area (Å²) in [6, 6.07) is 6.62. The molecule has 0 radical (unpaired) electrons. The number of fused-ring (bicyclic) bond motifs is 1. The van der Waals surface area contributed by atoms with Crippen molar-refractivity contribution in [3.05, 3.63) is 47.4 Å². The fourth-order valence-electron chi connectivity index (χ4n) is 3.72. The fraction of sp³-hybridized carbons (Fsp3) is 0.400. The van der Waals surface area contributed by atoms with Crippen LogP contribution in [0.25, 0.3) is 11.0 Å². The second-order valence-electron chi connectivity index (χ2n) is 7.64. The Morgan fingerprint density at radius 3 is 2.77 bits per heavy atom. The summed E-state index contributed by atoms with van der Waals surface area (Å²) in [5, 5.41) is 33.2. The predicted octanol–water partition coefficient (Wildman–Crippen LogP) is 1.56. The molecule has 9 nitrogen and oxygen atoms in total. The van der Waals surface area contributed by atoms with Crippen LogP contribution in [0, 0.1) is 0 Å². The maximum atomic E-state index is 10.9. The molecule has 2 aliphatic rings. The van der Waals surface area contributed by atoms with Crippen LogP contribution in [-0.2, 0) is 4.74 Å². The Morgan fingerprint density at radius 1 is 1.20 bits per heavy atom. The summed E-state index contributed by atoms with van der Waals surface area (Å²) in [5.74, 6) is 0.775. The molecule has 5 N–H and O–H groups in total. The van der Waals surface area contributed by atoms with E-state index in [2.05, 4.69) is 9.97 Å². The molecule has 0 bridgehead atoms. The molecule has 5 atom stereocenters. The number of aliphatic hydroxyl groups is 3. The number of hydrogen-bond acceptors (Lipinski definition) is 8. The molecule has 0 spiro atoms. The number of halogens is 1. The topological polar surface area (TPSA) is 136 Å². The lowest BCUT2D eigenvalue weighted by Crippen LogP contribution is -2.34. The number of nitrogen functional groups attached to an aromatic ring is 1. The molecule has 3 heterocycles. The first-order valence-corrected chi connectivity index (χ1v) is 10.0. The van der Waals surface area contributed by atoms with Crippen LogP contribution >= 0.6 is 11.6 Å². The zero-order valence-corrected chi connectivity index (χ0v) is 16.6. The lowest BCUT2D eigenvalue weighted by atomic mass is 9.99. The van der Waals surface area contributed by atoms with Gasteiger partial charge >= 0.3 is 0 Å². The van der Waals surface area contributed by atoms with Gasteiger partial charge in [0.1, 0.15) is 48.0 Å². The van der Waals surface area contributed by atoms with Gasteiger partial charge in [0.25, 0.3) is 0 Å². The molecule has 1 aliphatic heterocycles. The van der Waals surface area contributed by atoms with Crippen molar-refractivity contribution < 1.29 is 24.8 Å². The van der Waals surface area contributed by atoms with Crippen molar-refractivity contribution >= 4 is 28.5 Å². The molecule has 2 unspecified atom stereocenters. The Balaban J connectivity index is 1.42. The Kier molecular flexibility index (Phi) is 4.79. The highest BCUT2D eigenvalue weighted by atomic mass is 35.5. The van der Waals surface area contributed by atoms with Crippen molar-refractivity contribution in [2.24, 2.45) is 0 Å². The second kappa shape index (κ2) is 7.36. The summed E-state index contributed by atoms with van der Waals surface area (Å²) in [7, 11) is 0. The van der Waals surface area contributed by atoms with E-state index < -0.39 is 30.6 Å². The average Bonchev–Trinajstić information content (AvgIpc) is 3.37.